The third-order valence-electron chi connectivity index (χ3n) is 4.29. The summed E-state index contributed by atoms with van der Waals surface area (Å²) >= 11 is 0. The minimum Gasteiger partial charge on any atom is -0.495 e. The van der Waals surface area contributed by atoms with Gasteiger partial charge in [0.15, 0.2) is 0 Å². The molecule has 3 rings (SSSR count). The lowest BCUT2D eigenvalue weighted by Gasteiger charge is -2.14. The van der Waals surface area contributed by atoms with E-state index in [0.29, 0.717) is 29.0 Å². The molecule has 1 N–H and O–H groups in total. The average molecular weight is 352 g/mol. The van der Waals surface area contributed by atoms with Crippen LogP contribution in [0.5, 0.6) is 5.75 Å². The average Bonchev–Trinajstić information content (AvgIpc) is 2.87. The van der Waals surface area contributed by atoms with Gasteiger partial charge in [0.2, 0.25) is 5.91 Å². The standard InChI is InChI=1S/C20H20N2O4/c1-13-9-10-17(26-2)16(12-13)21-18(23)8-5-11-22-19(24)14-6-3-4-7-15(14)20(22)25/h3-4,6-7,9-10,12H,5,8,11H2,1-2H3,(H,21,23). The normalized spacial score (nSPS) is 12.9. The molecule has 1 aliphatic rings. The zero-order chi connectivity index (χ0) is 18.7. The number of amides is 3. The van der Waals surface area contributed by atoms with E-state index in [2.05, 4.69) is 5.32 Å². The predicted octanol–water partition coefficient (Wildman–Crippen LogP) is 3.02. The van der Waals surface area contributed by atoms with Gasteiger partial charge >= 0.3 is 0 Å². The van der Waals surface area contributed by atoms with Crippen molar-refractivity contribution in [2.75, 3.05) is 19.0 Å². The van der Waals surface area contributed by atoms with Crippen LogP contribution >= 0.6 is 0 Å². The maximum atomic E-state index is 12.3. The van der Waals surface area contributed by atoms with Crippen LogP contribution in [0.2, 0.25) is 0 Å². The van der Waals surface area contributed by atoms with Crippen molar-refractivity contribution < 1.29 is 19.1 Å². The van der Waals surface area contributed by atoms with E-state index in [9.17, 15) is 14.4 Å². The van der Waals surface area contributed by atoms with Gasteiger partial charge in [-0.1, -0.05) is 18.2 Å². The first-order valence-electron chi connectivity index (χ1n) is 8.41. The van der Waals surface area contributed by atoms with Gasteiger partial charge in [0.05, 0.1) is 23.9 Å². The molecule has 0 saturated carbocycles. The Bertz CT molecular complexity index is 841. The first kappa shape index (κ1) is 17.7. The molecule has 134 valence electrons. The molecule has 0 radical (unpaired) electrons. The zero-order valence-electron chi connectivity index (χ0n) is 14.7. The topological polar surface area (TPSA) is 75.7 Å². The van der Waals surface area contributed by atoms with Gasteiger partial charge in [0.25, 0.3) is 11.8 Å². The highest BCUT2D eigenvalue weighted by molar-refractivity contribution is 6.21. The Morgan fingerprint density at radius 2 is 1.73 bits per heavy atom. The number of hydrogen-bond donors (Lipinski definition) is 1. The van der Waals surface area contributed by atoms with Crippen molar-refractivity contribution >= 4 is 23.4 Å². The molecule has 6 nitrogen and oxygen atoms in total. The van der Waals surface area contributed by atoms with Crippen molar-refractivity contribution in [3.63, 3.8) is 0 Å². The fourth-order valence-corrected chi connectivity index (χ4v) is 2.97. The van der Waals surface area contributed by atoms with Gasteiger partial charge < -0.3 is 10.1 Å². The highest BCUT2D eigenvalue weighted by Crippen LogP contribution is 2.26. The van der Waals surface area contributed by atoms with Gasteiger partial charge in [-0.05, 0) is 43.2 Å². The van der Waals surface area contributed by atoms with Crippen LogP contribution in [-0.2, 0) is 4.79 Å². The molecule has 1 aliphatic heterocycles. The third-order valence-corrected chi connectivity index (χ3v) is 4.29. The number of benzene rings is 2. The van der Waals surface area contributed by atoms with Crippen molar-refractivity contribution in [2.24, 2.45) is 0 Å². The number of imide groups is 1. The van der Waals surface area contributed by atoms with Crippen molar-refractivity contribution in [3.05, 3.63) is 59.2 Å². The van der Waals surface area contributed by atoms with Crippen molar-refractivity contribution in [1.82, 2.24) is 4.90 Å². The maximum Gasteiger partial charge on any atom is 0.261 e. The van der Waals surface area contributed by atoms with E-state index in [-0.39, 0.29) is 30.7 Å². The number of ether oxygens (including phenoxy) is 1. The van der Waals surface area contributed by atoms with Gasteiger partial charge in [0.1, 0.15) is 5.75 Å². The Labute approximate surface area is 151 Å². The minimum atomic E-state index is -0.300. The Morgan fingerprint density at radius 1 is 1.08 bits per heavy atom. The van der Waals surface area contributed by atoms with E-state index in [1.54, 1.807) is 37.4 Å². The lowest BCUT2D eigenvalue weighted by molar-refractivity contribution is -0.116. The molecule has 2 aromatic carbocycles. The monoisotopic (exact) mass is 352 g/mol. The number of aryl methyl sites for hydroxylation is 1. The van der Waals surface area contributed by atoms with Gasteiger partial charge in [-0.15, -0.1) is 0 Å². The van der Waals surface area contributed by atoms with Gasteiger partial charge in [-0.25, -0.2) is 0 Å². The minimum absolute atomic E-state index is 0.189. The second kappa shape index (κ2) is 7.39. The maximum absolute atomic E-state index is 12.3. The van der Waals surface area contributed by atoms with Gasteiger partial charge in [-0.3, -0.25) is 19.3 Å². The van der Waals surface area contributed by atoms with E-state index in [1.807, 2.05) is 19.1 Å². The Morgan fingerprint density at radius 3 is 2.35 bits per heavy atom. The Balaban J connectivity index is 1.56. The number of carbonyl (C=O) groups excluding carboxylic acids is 3. The molecule has 0 unspecified atom stereocenters. The van der Waals surface area contributed by atoms with Crippen LogP contribution in [0.1, 0.15) is 39.1 Å². The van der Waals surface area contributed by atoms with E-state index >= 15 is 0 Å². The van der Waals surface area contributed by atoms with Crippen LogP contribution in [0.4, 0.5) is 5.69 Å². The number of anilines is 1. The summed E-state index contributed by atoms with van der Waals surface area (Å²) in [5.41, 5.74) is 2.46. The fourth-order valence-electron chi connectivity index (χ4n) is 2.97. The lowest BCUT2D eigenvalue weighted by atomic mass is 10.1. The summed E-state index contributed by atoms with van der Waals surface area (Å²) in [4.78, 5) is 38.0. The molecule has 26 heavy (non-hydrogen) atoms. The fraction of sp³-hybridized carbons (Fsp3) is 0.250. The largest absolute Gasteiger partial charge is 0.495 e. The van der Waals surface area contributed by atoms with Crippen molar-refractivity contribution in [1.29, 1.82) is 0 Å². The van der Waals surface area contributed by atoms with Crippen LogP contribution in [0.15, 0.2) is 42.5 Å². The van der Waals surface area contributed by atoms with E-state index in [0.717, 1.165) is 5.56 Å². The van der Waals surface area contributed by atoms with Crippen LogP contribution < -0.4 is 10.1 Å². The molecule has 0 aromatic heterocycles. The Kier molecular flexibility index (Phi) is 5.02. The smallest absolute Gasteiger partial charge is 0.261 e. The molecule has 0 bridgehead atoms. The molecule has 1 heterocycles. The number of hydrogen-bond acceptors (Lipinski definition) is 4. The van der Waals surface area contributed by atoms with E-state index in [4.69, 9.17) is 4.74 Å². The highest BCUT2D eigenvalue weighted by atomic mass is 16.5. The molecule has 0 saturated heterocycles. The summed E-state index contributed by atoms with van der Waals surface area (Å²) in [6.07, 6.45) is 0.593. The Hall–Kier alpha value is -3.15. The first-order valence-corrected chi connectivity index (χ1v) is 8.41. The van der Waals surface area contributed by atoms with E-state index < -0.39 is 0 Å². The quantitative estimate of drug-likeness (QED) is 0.811. The number of methoxy groups -OCH3 is 1. The van der Waals surface area contributed by atoms with Crippen LogP contribution in [0.3, 0.4) is 0 Å². The van der Waals surface area contributed by atoms with Crippen molar-refractivity contribution in [2.45, 2.75) is 19.8 Å². The third kappa shape index (κ3) is 3.44. The van der Waals surface area contributed by atoms with Crippen LogP contribution in [0, 0.1) is 6.92 Å². The number of carbonyl (C=O) groups is 3. The number of rotatable bonds is 6. The van der Waals surface area contributed by atoms with Crippen molar-refractivity contribution in [3.8, 4) is 5.75 Å². The number of nitrogens with zero attached hydrogens (tertiary/aromatic N) is 1. The summed E-state index contributed by atoms with van der Waals surface area (Å²) in [6.45, 7) is 2.14. The van der Waals surface area contributed by atoms with E-state index in [1.165, 1.54) is 4.90 Å². The van der Waals surface area contributed by atoms with Crippen LogP contribution in [-0.4, -0.2) is 36.3 Å². The summed E-state index contributed by atoms with van der Waals surface area (Å²) in [5, 5.41) is 2.81. The van der Waals surface area contributed by atoms with Gasteiger partial charge in [-0.2, -0.15) is 0 Å². The second-order valence-electron chi connectivity index (χ2n) is 6.16. The predicted molar refractivity (Wildman–Crippen MR) is 97.4 cm³/mol. The molecule has 6 heteroatoms. The number of fused-ring (bicyclic) bond motifs is 1. The second-order valence-corrected chi connectivity index (χ2v) is 6.16. The summed E-state index contributed by atoms with van der Waals surface area (Å²) < 4.78 is 5.24. The SMILES string of the molecule is COc1ccc(C)cc1NC(=O)CCCN1C(=O)c2ccccc2C1=O. The zero-order valence-corrected chi connectivity index (χ0v) is 14.7. The molecule has 3 amide bonds. The first-order chi connectivity index (χ1) is 12.5. The summed E-state index contributed by atoms with van der Waals surface area (Å²) in [7, 11) is 1.54. The molecule has 0 spiro atoms. The molecule has 0 atom stereocenters. The molecular weight excluding hydrogens is 332 g/mol. The molecule has 0 fully saturated rings. The molecular formula is C20H20N2O4. The molecule has 2 aromatic rings. The molecule has 0 aliphatic carbocycles. The van der Waals surface area contributed by atoms with Crippen LogP contribution in [0.25, 0.3) is 0 Å². The van der Waals surface area contributed by atoms with Gasteiger partial charge in [0, 0.05) is 13.0 Å². The number of nitrogens with one attached hydrogen (secondary N) is 1. The highest BCUT2D eigenvalue weighted by Gasteiger charge is 2.34. The summed E-state index contributed by atoms with van der Waals surface area (Å²) in [6, 6.07) is 12.3. The summed E-state index contributed by atoms with van der Waals surface area (Å²) in [5.74, 6) is -0.201. The lowest BCUT2D eigenvalue weighted by Crippen LogP contribution is -2.31.